The summed E-state index contributed by atoms with van der Waals surface area (Å²) in [6.45, 7) is 1.75. The van der Waals surface area contributed by atoms with Crippen molar-refractivity contribution in [3.8, 4) is 0 Å². The first kappa shape index (κ1) is 18.1. The van der Waals surface area contributed by atoms with Gasteiger partial charge in [-0.2, -0.15) is 0 Å². The van der Waals surface area contributed by atoms with Gasteiger partial charge < -0.3 is 21.3 Å². The minimum atomic E-state index is -0.0891. The van der Waals surface area contributed by atoms with E-state index in [2.05, 4.69) is 10.6 Å². The molecule has 1 saturated heterocycles. The molecule has 5 rings (SSSR count). The highest BCUT2D eigenvalue weighted by molar-refractivity contribution is 5.79. The average Bonchev–Trinajstić information content (AvgIpc) is 2.59. The van der Waals surface area contributed by atoms with Gasteiger partial charge in [-0.25, -0.2) is 4.79 Å². The lowest BCUT2D eigenvalue weighted by molar-refractivity contribution is -0.134. The van der Waals surface area contributed by atoms with E-state index in [-0.39, 0.29) is 23.5 Å². The number of amides is 3. The normalized spacial score (nSPS) is 38.3. The molecule has 3 amide bonds. The summed E-state index contributed by atoms with van der Waals surface area (Å²) in [5.41, 5.74) is 5.83. The van der Waals surface area contributed by atoms with Crippen LogP contribution in [0.5, 0.6) is 0 Å². The lowest BCUT2D eigenvalue weighted by Gasteiger charge is -2.56. The van der Waals surface area contributed by atoms with Gasteiger partial charge in [0, 0.05) is 37.6 Å². The molecule has 4 bridgehead atoms. The molecular formula is C20H34N4O2. The van der Waals surface area contributed by atoms with Gasteiger partial charge in [0.1, 0.15) is 0 Å². The molecule has 6 nitrogen and oxygen atoms in total. The Morgan fingerprint density at radius 1 is 1.04 bits per heavy atom. The van der Waals surface area contributed by atoms with Gasteiger partial charge in [0.25, 0.3) is 0 Å². The summed E-state index contributed by atoms with van der Waals surface area (Å²) < 4.78 is 0. The van der Waals surface area contributed by atoms with E-state index in [1.165, 1.54) is 19.3 Å². The maximum Gasteiger partial charge on any atom is 0.315 e. The molecule has 5 fully saturated rings. The van der Waals surface area contributed by atoms with E-state index in [0.29, 0.717) is 19.5 Å². The monoisotopic (exact) mass is 362 g/mol. The van der Waals surface area contributed by atoms with Crippen LogP contribution in [-0.4, -0.2) is 48.1 Å². The smallest absolute Gasteiger partial charge is 0.315 e. The topological polar surface area (TPSA) is 87.5 Å². The fourth-order valence-electron chi connectivity index (χ4n) is 6.55. The van der Waals surface area contributed by atoms with E-state index >= 15 is 0 Å². The molecule has 146 valence electrons. The van der Waals surface area contributed by atoms with Crippen molar-refractivity contribution in [3.05, 3.63) is 0 Å². The summed E-state index contributed by atoms with van der Waals surface area (Å²) in [4.78, 5) is 26.8. The van der Waals surface area contributed by atoms with Crippen molar-refractivity contribution in [2.24, 2.45) is 23.5 Å². The maximum absolute atomic E-state index is 12.5. The van der Waals surface area contributed by atoms with Crippen LogP contribution < -0.4 is 16.4 Å². The van der Waals surface area contributed by atoms with E-state index in [1.807, 2.05) is 4.90 Å². The number of rotatable bonds is 5. The number of nitrogens with one attached hydrogen (secondary N) is 2. The summed E-state index contributed by atoms with van der Waals surface area (Å²) in [7, 11) is 0. The quantitative estimate of drug-likeness (QED) is 0.699. The van der Waals surface area contributed by atoms with E-state index in [0.717, 1.165) is 62.8 Å². The van der Waals surface area contributed by atoms with Crippen molar-refractivity contribution in [1.82, 2.24) is 15.5 Å². The van der Waals surface area contributed by atoms with Crippen LogP contribution in [0.2, 0.25) is 0 Å². The van der Waals surface area contributed by atoms with Gasteiger partial charge in [-0.3, -0.25) is 4.79 Å². The molecule has 1 heterocycles. The van der Waals surface area contributed by atoms with Gasteiger partial charge in [0.05, 0.1) is 0 Å². The Bertz CT molecular complexity index is 515. The second-order valence-corrected chi connectivity index (χ2v) is 9.30. The molecule has 1 unspecified atom stereocenters. The van der Waals surface area contributed by atoms with Crippen molar-refractivity contribution >= 4 is 11.9 Å². The largest absolute Gasteiger partial charge is 0.338 e. The highest BCUT2D eigenvalue weighted by atomic mass is 16.2. The third kappa shape index (κ3) is 3.71. The standard InChI is InChI=1S/C20H34N4O2/c21-13-17-3-1-2-6-24(17)18(25)4-5-22-19(26)23-20-10-14-7-15(11-20)9-16(8-14)12-20/h14-17H,1-13,21H2,(H2,22,23,26). The van der Waals surface area contributed by atoms with Crippen LogP contribution >= 0.6 is 0 Å². The fraction of sp³-hybridized carbons (Fsp3) is 0.900. The van der Waals surface area contributed by atoms with E-state index < -0.39 is 0 Å². The summed E-state index contributed by atoms with van der Waals surface area (Å²) in [6.07, 6.45) is 11.1. The minimum absolute atomic E-state index is 0.0281. The van der Waals surface area contributed by atoms with Crippen LogP contribution in [0.3, 0.4) is 0 Å². The van der Waals surface area contributed by atoms with E-state index in [4.69, 9.17) is 5.73 Å². The Morgan fingerprint density at radius 2 is 1.69 bits per heavy atom. The molecule has 26 heavy (non-hydrogen) atoms. The Morgan fingerprint density at radius 3 is 2.31 bits per heavy atom. The van der Waals surface area contributed by atoms with E-state index in [1.54, 1.807) is 0 Å². The zero-order chi connectivity index (χ0) is 18.1. The first-order valence-electron chi connectivity index (χ1n) is 10.6. The van der Waals surface area contributed by atoms with Crippen LogP contribution in [0.25, 0.3) is 0 Å². The van der Waals surface area contributed by atoms with Crippen LogP contribution in [0.15, 0.2) is 0 Å². The lowest BCUT2D eigenvalue weighted by atomic mass is 9.53. The van der Waals surface area contributed by atoms with Gasteiger partial charge in [-0.05, 0) is 75.5 Å². The highest BCUT2D eigenvalue weighted by Crippen LogP contribution is 2.55. The van der Waals surface area contributed by atoms with Crippen LogP contribution in [0.4, 0.5) is 4.79 Å². The van der Waals surface area contributed by atoms with Crippen molar-refractivity contribution in [2.75, 3.05) is 19.6 Å². The Hall–Kier alpha value is -1.30. The third-order valence-corrected chi connectivity index (χ3v) is 7.26. The molecule has 0 aromatic rings. The van der Waals surface area contributed by atoms with E-state index in [9.17, 15) is 9.59 Å². The molecule has 0 spiro atoms. The van der Waals surface area contributed by atoms with Gasteiger partial charge in [0.15, 0.2) is 0 Å². The number of urea groups is 1. The molecule has 0 aromatic heterocycles. The van der Waals surface area contributed by atoms with Crippen LogP contribution in [0.1, 0.15) is 64.2 Å². The van der Waals surface area contributed by atoms with Crippen molar-refractivity contribution in [1.29, 1.82) is 0 Å². The predicted molar refractivity (Wildman–Crippen MR) is 100 cm³/mol. The average molecular weight is 363 g/mol. The summed E-state index contributed by atoms with van der Waals surface area (Å²) >= 11 is 0. The molecular weight excluding hydrogens is 328 g/mol. The minimum Gasteiger partial charge on any atom is -0.338 e. The molecule has 1 aliphatic heterocycles. The first-order valence-corrected chi connectivity index (χ1v) is 10.6. The highest BCUT2D eigenvalue weighted by Gasteiger charge is 2.51. The number of carbonyl (C=O) groups excluding carboxylic acids is 2. The number of hydrogen-bond acceptors (Lipinski definition) is 3. The summed E-state index contributed by atoms with van der Waals surface area (Å²) in [6, 6.07) is 0.0888. The molecule has 6 heteroatoms. The second-order valence-electron chi connectivity index (χ2n) is 9.30. The van der Waals surface area contributed by atoms with Gasteiger partial charge in [-0.1, -0.05) is 0 Å². The number of nitrogens with two attached hydrogens (primary N) is 1. The number of hydrogen-bond donors (Lipinski definition) is 3. The first-order chi connectivity index (χ1) is 12.6. The van der Waals surface area contributed by atoms with Gasteiger partial charge in [0.2, 0.25) is 5.91 Å². The molecule has 0 aromatic carbocycles. The Balaban J connectivity index is 1.23. The molecule has 4 saturated carbocycles. The zero-order valence-electron chi connectivity index (χ0n) is 15.8. The molecule has 4 N–H and O–H groups in total. The van der Waals surface area contributed by atoms with Crippen LogP contribution in [0, 0.1) is 17.8 Å². The Kier molecular flexibility index (Phi) is 5.13. The number of likely N-dealkylation sites (tertiary alicyclic amines) is 1. The molecule has 0 radical (unpaired) electrons. The maximum atomic E-state index is 12.5. The van der Waals surface area contributed by atoms with Gasteiger partial charge >= 0.3 is 6.03 Å². The van der Waals surface area contributed by atoms with Crippen molar-refractivity contribution in [3.63, 3.8) is 0 Å². The predicted octanol–water partition coefficient (Wildman–Crippen LogP) is 1.98. The fourth-order valence-corrected chi connectivity index (χ4v) is 6.55. The second kappa shape index (κ2) is 7.37. The Labute approximate surface area is 156 Å². The number of nitrogens with zero attached hydrogens (tertiary/aromatic N) is 1. The molecule has 5 aliphatic rings. The third-order valence-electron chi connectivity index (χ3n) is 7.26. The molecule has 1 atom stereocenters. The number of piperidine rings is 1. The number of carbonyl (C=O) groups is 2. The van der Waals surface area contributed by atoms with Crippen LogP contribution in [-0.2, 0) is 4.79 Å². The van der Waals surface area contributed by atoms with Crippen molar-refractivity contribution in [2.45, 2.75) is 75.8 Å². The summed E-state index contributed by atoms with van der Waals surface area (Å²) in [5.74, 6) is 2.57. The van der Waals surface area contributed by atoms with Gasteiger partial charge in [-0.15, -0.1) is 0 Å². The SMILES string of the molecule is NCC1CCCCN1C(=O)CCNC(=O)NC12CC3CC(CC(C3)C1)C2. The lowest BCUT2D eigenvalue weighted by Crippen LogP contribution is -2.61. The zero-order valence-corrected chi connectivity index (χ0v) is 15.8. The molecule has 4 aliphatic carbocycles. The van der Waals surface area contributed by atoms with Crippen molar-refractivity contribution < 1.29 is 9.59 Å². The summed E-state index contributed by atoms with van der Waals surface area (Å²) in [5, 5.41) is 6.23.